The molecule has 2 heterocycles. The summed E-state index contributed by atoms with van der Waals surface area (Å²) < 4.78 is 1.79. The van der Waals surface area contributed by atoms with Crippen molar-refractivity contribution in [3.05, 3.63) is 59.0 Å². The largest absolute Gasteiger partial charge is 0.292 e. The Morgan fingerprint density at radius 3 is 2.71 bits per heavy atom. The molecule has 0 saturated carbocycles. The van der Waals surface area contributed by atoms with Gasteiger partial charge in [0.05, 0.1) is 18.0 Å². The number of amides is 1. The zero-order chi connectivity index (χ0) is 17.1. The van der Waals surface area contributed by atoms with Crippen molar-refractivity contribution in [2.75, 3.05) is 0 Å². The average molecular weight is 325 g/mol. The van der Waals surface area contributed by atoms with Crippen LogP contribution in [0.15, 0.2) is 36.4 Å². The summed E-state index contributed by atoms with van der Waals surface area (Å²) in [5.74, 6) is -0.371. The number of nitrogens with zero attached hydrogens (tertiary/aromatic N) is 3. The van der Waals surface area contributed by atoms with E-state index in [4.69, 9.17) is 4.84 Å². The van der Waals surface area contributed by atoms with E-state index in [0.29, 0.717) is 18.0 Å². The van der Waals surface area contributed by atoms with Gasteiger partial charge in [-0.1, -0.05) is 30.3 Å². The second-order valence-corrected chi connectivity index (χ2v) is 5.54. The molecule has 0 aliphatic carbocycles. The Labute approximate surface area is 139 Å². The van der Waals surface area contributed by atoms with Crippen LogP contribution in [0.2, 0.25) is 0 Å². The molecule has 2 N–H and O–H groups in total. The van der Waals surface area contributed by atoms with Crippen molar-refractivity contribution in [3.63, 3.8) is 0 Å². The highest BCUT2D eigenvalue weighted by Gasteiger charge is 2.17. The van der Waals surface area contributed by atoms with E-state index < -0.39 is 0 Å². The number of aromatic nitrogens is 4. The van der Waals surface area contributed by atoms with Gasteiger partial charge in [0.1, 0.15) is 5.69 Å². The fraction of sp³-hybridized carbons (Fsp3) is 0.235. The van der Waals surface area contributed by atoms with Gasteiger partial charge in [-0.25, -0.2) is 5.48 Å². The zero-order valence-electron chi connectivity index (χ0n) is 13.8. The third-order valence-corrected chi connectivity index (χ3v) is 3.83. The molecule has 1 aromatic carbocycles. The second kappa shape index (κ2) is 6.67. The first kappa shape index (κ1) is 15.9. The van der Waals surface area contributed by atoms with Gasteiger partial charge in [0, 0.05) is 18.3 Å². The molecule has 124 valence electrons. The van der Waals surface area contributed by atoms with Crippen molar-refractivity contribution in [2.45, 2.75) is 20.5 Å². The number of H-pyrrole nitrogens is 1. The van der Waals surface area contributed by atoms with Crippen LogP contribution in [0.1, 0.15) is 27.4 Å². The van der Waals surface area contributed by atoms with E-state index in [1.165, 1.54) is 0 Å². The van der Waals surface area contributed by atoms with Crippen LogP contribution in [0.25, 0.3) is 11.3 Å². The topological polar surface area (TPSA) is 84.8 Å². The smallest absolute Gasteiger partial charge is 0.272 e. The molecule has 3 aromatic rings. The predicted molar refractivity (Wildman–Crippen MR) is 89.0 cm³/mol. The molecule has 0 unspecified atom stereocenters. The van der Waals surface area contributed by atoms with Crippen molar-refractivity contribution in [1.82, 2.24) is 25.5 Å². The normalized spacial score (nSPS) is 10.8. The Morgan fingerprint density at radius 2 is 2.04 bits per heavy atom. The third-order valence-electron chi connectivity index (χ3n) is 3.83. The van der Waals surface area contributed by atoms with Gasteiger partial charge in [-0.15, -0.1) is 0 Å². The number of hydrogen-bond acceptors (Lipinski definition) is 4. The summed E-state index contributed by atoms with van der Waals surface area (Å²) >= 11 is 0. The quantitative estimate of drug-likeness (QED) is 0.705. The SMILES string of the molecule is Cc1nn(C)c(C)c1-c1cc(C(=O)NOCc2ccccc2)[nH]n1. The number of nitrogens with one attached hydrogen (secondary N) is 2. The Hall–Kier alpha value is -2.93. The van der Waals surface area contributed by atoms with Gasteiger partial charge >= 0.3 is 0 Å². The maximum Gasteiger partial charge on any atom is 0.292 e. The molecule has 0 radical (unpaired) electrons. The number of rotatable bonds is 5. The molecule has 24 heavy (non-hydrogen) atoms. The average Bonchev–Trinajstić information content (AvgIpc) is 3.14. The molecule has 2 aromatic heterocycles. The molecular formula is C17H19N5O2. The van der Waals surface area contributed by atoms with Crippen LogP contribution in [-0.2, 0) is 18.5 Å². The molecule has 0 atom stereocenters. The van der Waals surface area contributed by atoms with Crippen LogP contribution in [0, 0.1) is 13.8 Å². The first-order chi connectivity index (χ1) is 11.6. The lowest BCUT2D eigenvalue weighted by Gasteiger charge is -2.04. The lowest BCUT2D eigenvalue weighted by molar-refractivity contribution is 0.0229. The molecule has 3 rings (SSSR count). The van der Waals surface area contributed by atoms with Gasteiger partial charge in [-0.05, 0) is 25.5 Å². The minimum absolute atomic E-state index is 0.300. The first-order valence-corrected chi connectivity index (χ1v) is 7.58. The first-order valence-electron chi connectivity index (χ1n) is 7.58. The van der Waals surface area contributed by atoms with Crippen molar-refractivity contribution in [1.29, 1.82) is 0 Å². The molecule has 0 aliphatic heterocycles. The standard InChI is InChI=1S/C17H19N5O2/c1-11-16(12(2)22(3)20-11)14-9-15(19-18-14)17(23)21-24-10-13-7-5-4-6-8-13/h4-9H,10H2,1-3H3,(H,18,19)(H,21,23). The molecule has 0 bridgehead atoms. The highest BCUT2D eigenvalue weighted by molar-refractivity contribution is 5.92. The molecule has 0 saturated heterocycles. The van der Waals surface area contributed by atoms with Gasteiger partial charge in [-0.3, -0.25) is 19.4 Å². The van der Waals surface area contributed by atoms with Crippen molar-refractivity contribution >= 4 is 5.91 Å². The zero-order valence-corrected chi connectivity index (χ0v) is 13.8. The van der Waals surface area contributed by atoms with Gasteiger partial charge in [-0.2, -0.15) is 10.2 Å². The number of hydroxylamine groups is 1. The maximum absolute atomic E-state index is 12.1. The monoisotopic (exact) mass is 325 g/mol. The van der Waals surface area contributed by atoms with Crippen LogP contribution < -0.4 is 5.48 Å². The van der Waals surface area contributed by atoms with Crippen LogP contribution in [0.4, 0.5) is 0 Å². The molecular weight excluding hydrogens is 306 g/mol. The number of carbonyl (C=O) groups excluding carboxylic acids is 1. The molecule has 0 aliphatic rings. The Morgan fingerprint density at radius 1 is 1.29 bits per heavy atom. The van der Waals surface area contributed by atoms with Crippen LogP contribution in [0.5, 0.6) is 0 Å². The summed E-state index contributed by atoms with van der Waals surface area (Å²) in [4.78, 5) is 17.4. The van der Waals surface area contributed by atoms with E-state index in [1.54, 1.807) is 10.7 Å². The summed E-state index contributed by atoms with van der Waals surface area (Å²) in [7, 11) is 1.88. The fourth-order valence-electron chi connectivity index (χ4n) is 2.52. The van der Waals surface area contributed by atoms with Crippen LogP contribution in [-0.4, -0.2) is 25.9 Å². The highest BCUT2D eigenvalue weighted by Crippen LogP contribution is 2.25. The summed E-state index contributed by atoms with van der Waals surface area (Å²) in [5.41, 5.74) is 7.20. The highest BCUT2D eigenvalue weighted by atomic mass is 16.6. The van der Waals surface area contributed by atoms with E-state index in [-0.39, 0.29) is 5.91 Å². The van der Waals surface area contributed by atoms with Gasteiger partial charge in [0.2, 0.25) is 0 Å². The predicted octanol–water partition coefficient (Wildman–Crippen LogP) is 2.29. The maximum atomic E-state index is 12.1. The number of hydrogen-bond donors (Lipinski definition) is 2. The van der Waals surface area contributed by atoms with E-state index in [2.05, 4.69) is 20.8 Å². The Bertz CT molecular complexity index is 851. The molecule has 0 fully saturated rings. The van der Waals surface area contributed by atoms with E-state index in [0.717, 1.165) is 22.5 Å². The Balaban J connectivity index is 1.66. The van der Waals surface area contributed by atoms with Crippen LogP contribution in [0.3, 0.4) is 0 Å². The van der Waals surface area contributed by atoms with Gasteiger partial charge < -0.3 is 0 Å². The summed E-state index contributed by atoms with van der Waals surface area (Å²) in [6, 6.07) is 11.3. The molecule has 1 amide bonds. The molecule has 7 heteroatoms. The fourth-order valence-corrected chi connectivity index (χ4v) is 2.52. The molecule has 0 spiro atoms. The van der Waals surface area contributed by atoms with E-state index in [9.17, 15) is 4.79 Å². The van der Waals surface area contributed by atoms with E-state index in [1.807, 2.05) is 51.2 Å². The summed E-state index contributed by atoms with van der Waals surface area (Å²) in [6.45, 7) is 4.18. The summed E-state index contributed by atoms with van der Waals surface area (Å²) in [6.07, 6.45) is 0. The van der Waals surface area contributed by atoms with Crippen molar-refractivity contribution < 1.29 is 9.63 Å². The van der Waals surface area contributed by atoms with Crippen molar-refractivity contribution in [3.8, 4) is 11.3 Å². The van der Waals surface area contributed by atoms with E-state index >= 15 is 0 Å². The number of aromatic amines is 1. The van der Waals surface area contributed by atoms with Gasteiger partial charge in [0.25, 0.3) is 5.91 Å². The third kappa shape index (κ3) is 3.21. The van der Waals surface area contributed by atoms with Gasteiger partial charge in [0.15, 0.2) is 0 Å². The molecule has 7 nitrogen and oxygen atoms in total. The lowest BCUT2D eigenvalue weighted by atomic mass is 10.1. The lowest BCUT2D eigenvalue weighted by Crippen LogP contribution is -2.23. The minimum Gasteiger partial charge on any atom is -0.272 e. The number of carbonyl (C=O) groups is 1. The Kier molecular flexibility index (Phi) is 4.43. The second-order valence-electron chi connectivity index (χ2n) is 5.54. The summed E-state index contributed by atoms with van der Waals surface area (Å²) in [5, 5.41) is 11.3. The minimum atomic E-state index is -0.371. The number of aryl methyl sites for hydroxylation is 2. The number of benzene rings is 1. The van der Waals surface area contributed by atoms with Crippen LogP contribution >= 0.6 is 0 Å². The van der Waals surface area contributed by atoms with Crippen molar-refractivity contribution in [2.24, 2.45) is 7.05 Å².